The van der Waals surface area contributed by atoms with Gasteiger partial charge in [0, 0.05) is 6.42 Å². The summed E-state index contributed by atoms with van der Waals surface area (Å²) in [4.78, 5) is 10.1. The molecular weight excluding hydrogens is 244 g/mol. The lowest BCUT2D eigenvalue weighted by Gasteiger charge is -2.01. The van der Waals surface area contributed by atoms with Crippen LogP contribution in [-0.2, 0) is 4.79 Å². The normalized spacial score (nSPS) is 11.6. The average molecular weight is 276 g/mol. The van der Waals surface area contributed by atoms with Crippen molar-refractivity contribution in [2.45, 2.75) is 84.2 Å². The first kappa shape index (κ1) is 20.7. The van der Waals surface area contributed by atoms with E-state index in [9.17, 15) is 4.79 Å². The van der Waals surface area contributed by atoms with Gasteiger partial charge in [0.05, 0.1) is 12.7 Å². The summed E-state index contributed by atoms with van der Waals surface area (Å²) in [5, 5.41) is 25.2. The van der Waals surface area contributed by atoms with Gasteiger partial charge in [-0.2, -0.15) is 0 Å². The highest BCUT2D eigenvalue weighted by Gasteiger charge is 1.96. The number of carboxylic acid groups (broad SMARTS) is 1. The maximum absolute atomic E-state index is 10.1. The van der Waals surface area contributed by atoms with Crippen molar-refractivity contribution in [3.8, 4) is 0 Å². The van der Waals surface area contributed by atoms with Crippen molar-refractivity contribution < 1.29 is 20.1 Å². The number of rotatable bonds is 11. The summed E-state index contributed by atoms with van der Waals surface area (Å²) in [6.45, 7) is 4.07. The van der Waals surface area contributed by atoms with Crippen LogP contribution in [0.25, 0.3) is 0 Å². The predicted octanol–water partition coefficient (Wildman–Crippen LogP) is 3.35. The Kier molecular flexibility index (Phi) is 18.9. The quantitative estimate of drug-likeness (QED) is 0.506. The van der Waals surface area contributed by atoms with E-state index in [1.807, 2.05) is 6.92 Å². The molecule has 0 saturated heterocycles. The second-order valence-corrected chi connectivity index (χ2v) is 4.89. The first-order valence-corrected chi connectivity index (χ1v) is 7.59. The number of carboxylic acids is 1. The molecule has 0 amide bonds. The fourth-order valence-electron chi connectivity index (χ4n) is 1.66. The molecule has 0 heterocycles. The van der Waals surface area contributed by atoms with E-state index in [0.29, 0.717) is 12.8 Å². The molecule has 0 aliphatic heterocycles. The van der Waals surface area contributed by atoms with Crippen LogP contribution >= 0.6 is 0 Å². The summed E-state index contributed by atoms with van der Waals surface area (Å²) in [6, 6.07) is 0. The van der Waals surface area contributed by atoms with Gasteiger partial charge in [-0.25, -0.2) is 0 Å². The van der Waals surface area contributed by atoms with E-state index in [-0.39, 0.29) is 6.61 Å². The number of carbonyl (C=O) groups is 1. The van der Waals surface area contributed by atoms with Gasteiger partial charge in [-0.1, -0.05) is 58.8 Å². The zero-order valence-corrected chi connectivity index (χ0v) is 12.6. The Hall–Kier alpha value is -0.610. The maximum atomic E-state index is 10.1. The fourth-order valence-corrected chi connectivity index (χ4v) is 1.66. The third-order valence-electron chi connectivity index (χ3n) is 2.83. The molecule has 1 atom stereocenters. The zero-order chi connectivity index (χ0) is 14.9. The first-order chi connectivity index (χ1) is 9.08. The molecule has 0 aromatic rings. The molecule has 4 heteroatoms. The number of hydrogen-bond donors (Lipinski definition) is 3. The van der Waals surface area contributed by atoms with Gasteiger partial charge in [-0.15, -0.1) is 0 Å². The summed E-state index contributed by atoms with van der Waals surface area (Å²) in [5.74, 6) is -0.663. The van der Waals surface area contributed by atoms with Gasteiger partial charge in [0.25, 0.3) is 0 Å². The van der Waals surface area contributed by atoms with Crippen molar-refractivity contribution in [1.29, 1.82) is 0 Å². The maximum Gasteiger partial charge on any atom is 0.303 e. The van der Waals surface area contributed by atoms with Gasteiger partial charge in [0.15, 0.2) is 0 Å². The molecule has 0 aromatic heterocycles. The summed E-state index contributed by atoms with van der Waals surface area (Å²) in [5.41, 5.74) is 0. The molecule has 0 aromatic carbocycles. The van der Waals surface area contributed by atoms with Crippen molar-refractivity contribution in [3.05, 3.63) is 0 Å². The van der Waals surface area contributed by atoms with E-state index >= 15 is 0 Å². The molecule has 0 rings (SSSR count). The third kappa shape index (κ3) is 23.0. The number of hydrogen-bond acceptors (Lipinski definition) is 3. The molecule has 0 fully saturated rings. The molecule has 4 nitrogen and oxygen atoms in total. The Labute approximate surface area is 117 Å². The smallest absolute Gasteiger partial charge is 0.303 e. The van der Waals surface area contributed by atoms with Crippen molar-refractivity contribution in [3.63, 3.8) is 0 Å². The highest BCUT2D eigenvalue weighted by molar-refractivity contribution is 5.66. The van der Waals surface area contributed by atoms with Gasteiger partial charge in [-0.05, 0) is 12.8 Å². The molecule has 0 aliphatic carbocycles. The largest absolute Gasteiger partial charge is 0.481 e. The Balaban J connectivity index is 0. The molecule has 1 unspecified atom stereocenters. The molecule has 19 heavy (non-hydrogen) atoms. The molecular formula is C15H32O4. The second-order valence-electron chi connectivity index (χ2n) is 4.89. The Morgan fingerprint density at radius 1 is 0.947 bits per heavy atom. The Bertz CT molecular complexity index is 183. The van der Waals surface area contributed by atoms with E-state index in [1.165, 1.54) is 32.1 Å². The summed E-state index contributed by atoms with van der Waals surface area (Å²) in [6.07, 6.45) is 9.78. The summed E-state index contributed by atoms with van der Waals surface area (Å²) < 4.78 is 0. The molecule has 0 bridgehead atoms. The molecule has 0 saturated carbocycles. The predicted molar refractivity (Wildman–Crippen MR) is 78.2 cm³/mol. The molecule has 0 aliphatic rings. The van der Waals surface area contributed by atoms with Crippen molar-refractivity contribution >= 4 is 5.97 Å². The van der Waals surface area contributed by atoms with Crippen molar-refractivity contribution in [1.82, 2.24) is 0 Å². The molecule has 116 valence electrons. The minimum absolute atomic E-state index is 0.103. The number of aliphatic hydroxyl groups is 2. The lowest BCUT2D eigenvalue weighted by molar-refractivity contribution is -0.137. The van der Waals surface area contributed by atoms with Crippen LogP contribution < -0.4 is 0 Å². The van der Waals surface area contributed by atoms with Crippen LogP contribution in [-0.4, -0.2) is 34.0 Å². The van der Waals surface area contributed by atoms with Gasteiger partial charge < -0.3 is 15.3 Å². The fraction of sp³-hybridized carbons (Fsp3) is 0.933. The standard InChI is InChI=1S/C10H20O2.C5H12O2/c1-2-3-4-5-6-7-8-9-10(11)12;1-2-3-5(7)4-6/h2-9H2,1H3,(H,11,12);5-7H,2-4H2,1H3. The number of unbranched alkanes of at least 4 members (excludes halogenated alkanes) is 6. The van der Waals surface area contributed by atoms with Crippen LogP contribution in [0.15, 0.2) is 0 Å². The molecule has 0 radical (unpaired) electrons. The van der Waals surface area contributed by atoms with Gasteiger partial charge in [-0.3, -0.25) is 4.79 Å². The van der Waals surface area contributed by atoms with E-state index < -0.39 is 12.1 Å². The van der Waals surface area contributed by atoms with Crippen LogP contribution in [0, 0.1) is 0 Å². The van der Waals surface area contributed by atoms with Crippen LogP contribution in [0.5, 0.6) is 0 Å². The topological polar surface area (TPSA) is 77.8 Å². The summed E-state index contributed by atoms with van der Waals surface area (Å²) in [7, 11) is 0. The number of aliphatic hydroxyl groups excluding tert-OH is 2. The Morgan fingerprint density at radius 2 is 1.47 bits per heavy atom. The van der Waals surface area contributed by atoms with Gasteiger partial charge in [0.1, 0.15) is 0 Å². The highest BCUT2D eigenvalue weighted by Crippen LogP contribution is 2.07. The van der Waals surface area contributed by atoms with Crippen LogP contribution in [0.2, 0.25) is 0 Å². The lowest BCUT2D eigenvalue weighted by atomic mass is 10.1. The summed E-state index contributed by atoms with van der Waals surface area (Å²) >= 11 is 0. The van der Waals surface area contributed by atoms with Gasteiger partial charge >= 0.3 is 5.97 Å². The Morgan fingerprint density at radius 3 is 1.84 bits per heavy atom. The SMILES string of the molecule is CCCC(O)CO.CCCCCCCCCC(=O)O. The van der Waals surface area contributed by atoms with E-state index in [4.69, 9.17) is 15.3 Å². The first-order valence-electron chi connectivity index (χ1n) is 7.59. The monoisotopic (exact) mass is 276 g/mol. The zero-order valence-electron chi connectivity index (χ0n) is 12.6. The third-order valence-corrected chi connectivity index (χ3v) is 2.83. The minimum Gasteiger partial charge on any atom is -0.481 e. The minimum atomic E-state index is -0.663. The van der Waals surface area contributed by atoms with E-state index in [1.54, 1.807) is 0 Å². The van der Waals surface area contributed by atoms with E-state index in [0.717, 1.165) is 19.3 Å². The van der Waals surface area contributed by atoms with Gasteiger partial charge in [0.2, 0.25) is 0 Å². The number of aliphatic carboxylic acids is 1. The lowest BCUT2D eigenvalue weighted by Crippen LogP contribution is -2.10. The van der Waals surface area contributed by atoms with Crippen LogP contribution in [0.4, 0.5) is 0 Å². The van der Waals surface area contributed by atoms with Crippen molar-refractivity contribution in [2.24, 2.45) is 0 Å². The average Bonchev–Trinajstić information content (AvgIpc) is 2.38. The van der Waals surface area contributed by atoms with E-state index in [2.05, 4.69) is 6.92 Å². The van der Waals surface area contributed by atoms with Crippen LogP contribution in [0.3, 0.4) is 0 Å². The highest BCUT2D eigenvalue weighted by atomic mass is 16.4. The van der Waals surface area contributed by atoms with Crippen molar-refractivity contribution in [2.75, 3.05) is 6.61 Å². The molecule has 0 spiro atoms. The second kappa shape index (κ2) is 17.4. The molecule has 3 N–H and O–H groups in total. The van der Waals surface area contributed by atoms with Crippen LogP contribution in [0.1, 0.15) is 78.1 Å².